The second-order valence-electron chi connectivity index (χ2n) is 2.67. The summed E-state index contributed by atoms with van der Waals surface area (Å²) in [6.07, 6.45) is 2.63. The van der Waals surface area contributed by atoms with Crippen LogP contribution in [-0.4, -0.2) is 29.4 Å². The Hall–Kier alpha value is -0.900. The minimum absolute atomic E-state index is 0.443. The average Bonchev–Trinajstić information content (AvgIpc) is 2.05. The lowest BCUT2D eigenvalue weighted by Crippen LogP contribution is -2.43. The molecule has 0 bridgehead atoms. The van der Waals surface area contributed by atoms with Crippen LogP contribution in [0.5, 0.6) is 0 Å². The molecule has 0 aliphatic carbocycles. The minimum atomic E-state index is -1.33. The van der Waals surface area contributed by atoms with Crippen LogP contribution in [-0.2, 0) is 9.59 Å². The van der Waals surface area contributed by atoms with Crippen LogP contribution in [0.25, 0.3) is 0 Å². The van der Waals surface area contributed by atoms with Gasteiger partial charge in [0.25, 0.3) is 5.78 Å². The van der Waals surface area contributed by atoms with Gasteiger partial charge in [0.2, 0.25) is 0 Å². The maximum atomic E-state index is 10.8. The standard InChI is InChI=1S/C7H11NO3/c9-6(7(10)11)5-3-1-2-4-8-5/h5,8H,1-4H2,(H,10,11)/t5-/m1/s1. The van der Waals surface area contributed by atoms with Crippen LogP contribution in [0.2, 0.25) is 0 Å². The maximum absolute atomic E-state index is 10.8. The first-order valence-corrected chi connectivity index (χ1v) is 3.72. The van der Waals surface area contributed by atoms with Crippen LogP contribution in [0.1, 0.15) is 19.3 Å². The third-order valence-corrected chi connectivity index (χ3v) is 1.84. The van der Waals surface area contributed by atoms with Crippen LogP contribution >= 0.6 is 0 Å². The van der Waals surface area contributed by atoms with Crippen molar-refractivity contribution in [2.45, 2.75) is 25.3 Å². The molecule has 4 nitrogen and oxygen atoms in total. The molecule has 4 heteroatoms. The summed E-state index contributed by atoms with van der Waals surface area (Å²) in [6.45, 7) is 0.754. The molecule has 1 fully saturated rings. The normalized spacial score (nSPS) is 24.5. The number of hydrogen-bond donors (Lipinski definition) is 2. The van der Waals surface area contributed by atoms with Crippen molar-refractivity contribution in [2.75, 3.05) is 6.54 Å². The molecular weight excluding hydrogens is 146 g/mol. The second kappa shape index (κ2) is 3.48. The van der Waals surface area contributed by atoms with E-state index in [1.54, 1.807) is 0 Å². The monoisotopic (exact) mass is 157 g/mol. The quantitative estimate of drug-likeness (QED) is 0.544. The van der Waals surface area contributed by atoms with Gasteiger partial charge >= 0.3 is 5.97 Å². The third-order valence-electron chi connectivity index (χ3n) is 1.84. The fraction of sp³-hybridized carbons (Fsp3) is 0.714. The van der Waals surface area contributed by atoms with E-state index in [9.17, 15) is 9.59 Å². The fourth-order valence-electron chi connectivity index (χ4n) is 1.22. The number of carbonyl (C=O) groups excluding carboxylic acids is 1. The van der Waals surface area contributed by atoms with E-state index in [4.69, 9.17) is 5.11 Å². The minimum Gasteiger partial charge on any atom is -0.475 e. The smallest absolute Gasteiger partial charge is 0.373 e. The van der Waals surface area contributed by atoms with Gasteiger partial charge < -0.3 is 10.4 Å². The number of carboxylic acid groups (broad SMARTS) is 1. The van der Waals surface area contributed by atoms with Crippen molar-refractivity contribution in [2.24, 2.45) is 0 Å². The lowest BCUT2D eigenvalue weighted by molar-refractivity contribution is -0.150. The van der Waals surface area contributed by atoms with Crippen LogP contribution in [0.15, 0.2) is 0 Å². The number of nitrogens with one attached hydrogen (secondary N) is 1. The summed E-state index contributed by atoms with van der Waals surface area (Å²) in [4.78, 5) is 21.0. The summed E-state index contributed by atoms with van der Waals surface area (Å²) >= 11 is 0. The van der Waals surface area contributed by atoms with Gasteiger partial charge in [-0.2, -0.15) is 0 Å². The molecule has 0 aromatic carbocycles. The number of carboxylic acids is 1. The summed E-state index contributed by atoms with van der Waals surface area (Å²) in [5.41, 5.74) is 0. The van der Waals surface area contributed by atoms with Crippen LogP contribution in [0.4, 0.5) is 0 Å². The molecule has 0 spiro atoms. The van der Waals surface area contributed by atoms with E-state index in [2.05, 4.69) is 5.32 Å². The summed E-state index contributed by atoms with van der Waals surface area (Å²) in [5, 5.41) is 11.2. The van der Waals surface area contributed by atoms with Crippen molar-refractivity contribution in [1.82, 2.24) is 5.32 Å². The first-order valence-electron chi connectivity index (χ1n) is 3.72. The topological polar surface area (TPSA) is 66.4 Å². The van der Waals surface area contributed by atoms with Gasteiger partial charge in [0, 0.05) is 0 Å². The van der Waals surface area contributed by atoms with E-state index in [-0.39, 0.29) is 0 Å². The number of aliphatic carboxylic acids is 1. The first kappa shape index (κ1) is 8.20. The molecule has 1 heterocycles. The molecule has 1 aliphatic rings. The number of rotatable bonds is 2. The van der Waals surface area contributed by atoms with Crippen molar-refractivity contribution in [3.63, 3.8) is 0 Å². The van der Waals surface area contributed by atoms with Crippen LogP contribution in [0.3, 0.4) is 0 Å². The Bertz CT molecular complexity index is 173. The van der Waals surface area contributed by atoms with E-state index in [1.165, 1.54) is 0 Å². The Morgan fingerprint density at radius 3 is 2.55 bits per heavy atom. The predicted octanol–water partition coefficient (Wildman–Crippen LogP) is -0.218. The highest BCUT2D eigenvalue weighted by Crippen LogP contribution is 2.07. The van der Waals surface area contributed by atoms with E-state index in [0.29, 0.717) is 6.42 Å². The number of Topliss-reactive ketones (excluding diaryl/α,β-unsaturated/α-hetero) is 1. The maximum Gasteiger partial charge on any atom is 0.373 e. The van der Waals surface area contributed by atoms with Crippen molar-refractivity contribution >= 4 is 11.8 Å². The van der Waals surface area contributed by atoms with Gasteiger partial charge in [-0.3, -0.25) is 4.79 Å². The van der Waals surface area contributed by atoms with Gasteiger partial charge in [-0.05, 0) is 19.4 Å². The lowest BCUT2D eigenvalue weighted by atomic mass is 10.0. The Morgan fingerprint density at radius 1 is 1.36 bits per heavy atom. The molecule has 1 rings (SSSR count). The largest absolute Gasteiger partial charge is 0.475 e. The molecule has 11 heavy (non-hydrogen) atoms. The highest BCUT2D eigenvalue weighted by molar-refractivity contribution is 6.34. The molecule has 0 saturated carbocycles. The molecule has 1 aliphatic heterocycles. The third kappa shape index (κ3) is 2.01. The molecule has 0 radical (unpaired) electrons. The number of ketones is 1. The molecule has 2 N–H and O–H groups in total. The van der Waals surface area contributed by atoms with Gasteiger partial charge in [0.15, 0.2) is 0 Å². The zero-order valence-electron chi connectivity index (χ0n) is 6.17. The number of carbonyl (C=O) groups is 2. The average molecular weight is 157 g/mol. The van der Waals surface area contributed by atoms with Crippen LogP contribution < -0.4 is 5.32 Å². The van der Waals surface area contributed by atoms with E-state index in [0.717, 1.165) is 19.4 Å². The van der Waals surface area contributed by atoms with Crippen molar-refractivity contribution < 1.29 is 14.7 Å². The molecule has 1 saturated heterocycles. The van der Waals surface area contributed by atoms with E-state index >= 15 is 0 Å². The van der Waals surface area contributed by atoms with Gasteiger partial charge in [-0.15, -0.1) is 0 Å². The molecular formula is C7H11NO3. The Kier molecular flexibility index (Phi) is 2.59. The van der Waals surface area contributed by atoms with Gasteiger partial charge in [0.05, 0.1) is 6.04 Å². The number of hydrogen-bond acceptors (Lipinski definition) is 3. The van der Waals surface area contributed by atoms with Crippen LogP contribution in [0, 0.1) is 0 Å². The summed E-state index contributed by atoms with van der Waals surface area (Å²) < 4.78 is 0. The molecule has 0 aromatic heterocycles. The zero-order chi connectivity index (χ0) is 8.27. The SMILES string of the molecule is O=C(O)C(=O)[C@H]1CCCCN1. The first-order chi connectivity index (χ1) is 5.22. The highest BCUT2D eigenvalue weighted by atomic mass is 16.4. The lowest BCUT2D eigenvalue weighted by Gasteiger charge is -2.19. The van der Waals surface area contributed by atoms with Crippen molar-refractivity contribution in [1.29, 1.82) is 0 Å². The summed E-state index contributed by atoms with van der Waals surface area (Å²) in [6, 6.07) is -0.443. The Labute approximate surface area is 64.6 Å². The fourth-order valence-corrected chi connectivity index (χ4v) is 1.22. The molecule has 0 aromatic rings. The zero-order valence-corrected chi connectivity index (χ0v) is 6.17. The van der Waals surface area contributed by atoms with Gasteiger partial charge in [-0.25, -0.2) is 4.79 Å². The van der Waals surface area contributed by atoms with Gasteiger partial charge in [0.1, 0.15) is 0 Å². The molecule has 0 amide bonds. The number of piperidine rings is 1. The van der Waals surface area contributed by atoms with Gasteiger partial charge in [-0.1, -0.05) is 6.42 Å². The Balaban J connectivity index is 2.45. The van der Waals surface area contributed by atoms with E-state index in [1.807, 2.05) is 0 Å². The van der Waals surface area contributed by atoms with Crippen molar-refractivity contribution in [3.05, 3.63) is 0 Å². The predicted molar refractivity (Wildman–Crippen MR) is 38.3 cm³/mol. The van der Waals surface area contributed by atoms with Crippen molar-refractivity contribution in [3.8, 4) is 0 Å². The molecule has 0 unspecified atom stereocenters. The summed E-state index contributed by atoms with van der Waals surface area (Å²) in [7, 11) is 0. The second-order valence-corrected chi connectivity index (χ2v) is 2.67. The molecule has 1 atom stereocenters. The highest BCUT2D eigenvalue weighted by Gasteiger charge is 2.25. The molecule has 62 valence electrons. The van der Waals surface area contributed by atoms with E-state index < -0.39 is 17.8 Å². The summed E-state index contributed by atoms with van der Waals surface area (Å²) in [5.74, 6) is -2.03. The Morgan fingerprint density at radius 2 is 2.09 bits per heavy atom.